The van der Waals surface area contributed by atoms with Gasteiger partial charge in [0, 0.05) is 18.7 Å². The molecule has 3 aromatic rings. The number of hydrogen-bond donors (Lipinski definition) is 0. The first-order valence-electron chi connectivity index (χ1n) is 10.5. The molecule has 0 spiro atoms. The van der Waals surface area contributed by atoms with Crippen LogP contribution in [0, 0.1) is 12.8 Å². The first kappa shape index (κ1) is 21.8. The summed E-state index contributed by atoms with van der Waals surface area (Å²) < 4.78 is 26.3. The average Bonchev–Trinajstić information content (AvgIpc) is 2.76. The lowest BCUT2D eigenvalue weighted by molar-refractivity contribution is 0.444. The molecule has 1 fully saturated rings. The number of aryl methyl sites for hydroxylation is 1. The maximum absolute atomic E-state index is 13.1. The number of anilines is 1. The number of aromatic nitrogens is 2. The maximum Gasteiger partial charge on any atom is 0.201 e. The molecular weight excluding hydrogens is 430 g/mol. The van der Waals surface area contributed by atoms with E-state index in [2.05, 4.69) is 21.8 Å². The van der Waals surface area contributed by atoms with Crippen LogP contribution >= 0.6 is 11.6 Å². The van der Waals surface area contributed by atoms with Gasteiger partial charge in [-0.2, -0.15) is 0 Å². The molecule has 4 rings (SSSR count). The quantitative estimate of drug-likeness (QED) is 0.521. The molecule has 0 unspecified atom stereocenters. The second kappa shape index (κ2) is 8.97. The molecule has 0 radical (unpaired) electrons. The minimum Gasteiger partial charge on any atom is -0.356 e. The van der Waals surface area contributed by atoms with Gasteiger partial charge in [-0.1, -0.05) is 48.9 Å². The summed E-state index contributed by atoms with van der Waals surface area (Å²) in [6, 6.07) is 16.4. The zero-order valence-corrected chi connectivity index (χ0v) is 19.3. The summed E-state index contributed by atoms with van der Waals surface area (Å²) in [5.41, 5.74) is 2.96. The standard InChI is InChI=1S/C24H26ClN3O2S/c1-17-7-6-14-28(15-17)22-10-5-11-23(27-22)31(29,30)16-19-12-13-21(25)24(26-19)20-9-4-3-8-18(20)2/h3-5,8-13,17H,6-7,14-16H2,1-2H3/t17-/m0/s1. The van der Waals surface area contributed by atoms with E-state index >= 15 is 0 Å². The highest BCUT2D eigenvalue weighted by Crippen LogP contribution is 2.29. The summed E-state index contributed by atoms with van der Waals surface area (Å²) in [5, 5.41) is 0.576. The smallest absolute Gasteiger partial charge is 0.201 e. The Morgan fingerprint density at radius 3 is 2.65 bits per heavy atom. The van der Waals surface area contributed by atoms with Gasteiger partial charge in [-0.05, 0) is 55.5 Å². The minimum atomic E-state index is -3.65. The van der Waals surface area contributed by atoms with E-state index in [4.69, 9.17) is 11.6 Å². The highest BCUT2D eigenvalue weighted by Gasteiger charge is 2.22. The van der Waals surface area contributed by atoms with Gasteiger partial charge < -0.3 is 4.90 Å². The van der Waals surface area contributed by atoms with E-state index in [1.807, 2.05) is 37.3 Å². The number of halogens is 1. The predicted octanol–water partition coefficient (Wildman–Crippen LogP) is 5.32. The van der Waals surface area contributed by atoms with E-state index in [0.29, 0.717) is 22.3 Å². The van der Waals surface area contributed by atoms with E-state index < -0.39 is 9.84 Å². The Hall–Kier alpha value is -2.44. The van der Waals surface area contributed by atoms with E-state index in [0.717, 1.165) is 36.5 Å². The molecule has 1 aliphatic rings. The van der Waals surface area contributed by atoms with Crippen molar-refractivity contribution in [3.05, 3.63) is 70.9 Å². The molecule has 0 bridgehead atoms. The molecule has 3 heterocycles. The van der Waals surface area contributed by atoms with Gasteiger partial charge in [-0.3, -0.25) is 4.98 Å². The molecular formula is C24H26ClN3O2S. The SMILES string of the molecule is Cc1ccccc1-c1nc(CS(=O)(=O)c2cccc(N3CCC[C@H](C)C3)n2)ccc1Cl. The van der Waals surface area contributed by atoms with Crippen LogP contribution in [-0.2, 0) is 15.6 Å². The van der Waals surface area contributed by atoms with E-state index in [1.54, 1.807) is 24.3 Å². The molecule has 2 aromatic heterocycles. The van der Waals surface area contributed by atoms with E-state index in [9.17, 15) is 8.42 Å². The lowest BCUT2D eigenvalue weighted by Crippen LogP contribution is -2.35. The fourth-order valence-corrected chi connectivity index (χ4v) is 5.43. The van der Waals surface area contributed by atoms with Crippen molar-refractivity contribution in [2.24, 2.45) is 5.92 Å². The number of pyridine rings is 2. The number of sulfone groups is 1. The second-order valence-corrected chi connectivity index (χ2v) is 10.6. The maximum atomic E-state index is 13.1. The highest BCUT2D eigenvalue weighted by molar-refractivity contribution is 7.90. The van der Waals surface area contributed by atoms with Crippen molar-refractivity contribution in [2.75, 3.05) is 18.0 Å². The minimum absolute atomic E-state index is 0.0809. The Labute approximate surface area is 189 Å². The number of hydrogen-bond acceptors (Lipinski definition) is 5. The third kappa shape index (κ3) is 4.91. The lowest BCUT2D eigenvalue weighted by atomic mass is 10.0. The monoisotopic (exact) mass is 455 g/mol. The third-order valence-corrected chi connectivity index (χ3v) is 7.50. The lowest BCUT2D eigenvalue weighted by Gasteiger charge is -2.32. The Morgan fingerprint density at radius 1 is 1.06 bits per heavy atom. The molecule has 162 valence electrons. The number of piperidine rings is 1. The summed E-state index contributed by atoms with van der Waals surface area (Å²) in [4.78, 5) is 11.3. The van der Waals surface area contributed by atoms with Crippen LogP contribution in [0.2, 0.25) is 5.02 Å². The van der Waals surface area contributed by atoms with Crippen molar-refractivity contribution < 1.29 is 8.42 Å². The summed E-state index contributed by atoms with van der Waals surface area (Å²) >= 11 is 6.38. The van der Waals surface area contributed by atoms with Crippen LogP contribution in [0.4, 0.5) is 5.82 Å². The molecule has 7 heteroatoms. The van der Waals surface area contributed by atoms with E-state index in [-0.39, 0.29) is 10.8 Å². The Morgan fingerprint density at radius 2 is 1.87 bits per heavy atom. The first-order valence-corrected chi connectivity index (χ1v) is 12.5. The van der Waals surface area contributed by atoms with Crippen molar-refractivity contribution in [2.45, 2.75) is 37.5 Å². The molecule has 1 aromatic carbocycles. The molecule has 5 nitrogen and oxygen atoms in total. The average molecular weight is 456 g/mol. The predicted molar refractivity (Wildman–Crippen MR) is 125 cm³/mol. The van der Waals surface area contributed by atoms with E-state index in [1.165, 1.54) is 6.42 Å². The highest BCUT2D eigenvalue weighted by atomic mass is 35.5. The van der Waals surface area contributed by atoms with Gasteiger partial charge >= 0.3 is 0 Å². The van der Waals surface area contributed by atoms with Crippen LogP contribution in [0.25, 0.3) is 11.3 Å². The Balaban J connectivity index is 1.62. The zero-order chi connectivity index (χ0) is 22.0. The molecule has 0 N–H and O–H groups in total. The fraction of sp³-hybridized carbons (Fsp3) is 0.333. The van der Waals surface area contributed by atoms with Crippen molar-refractivity contribution in [1.29, 1.82) is 0 Å². The van der Waals surface area contributed by atoms with Crippen LogP contribution in [-0.4, -0.2) is 31.5 Å². The molecule has 0 saturated carbocycles. The van der Waals surface area contributed by atoms with Crippen molar-refractivity contribution >= 4 is 27.3 Å². The van der Waals surface area contributed by atoms with Gasteiger partial charge in [-0.25, -0.2) is 13.4 Å². The van der Waals surface area contributed by atoms with Crippen LogP contribution in [0.15, 0.2) is 59.6 Å². The van der Waals surface area contributed by atoms with Gasteiger partial charge in [0.05, 0.1) is 22.2 Å². The van der Waals surface area contributed by atoms with Gasteiger partial charge in [-0.15, -0.1) is 0 Å². The summed E-state index contributed by atoms with van der Waals surface area (Å²) in [6.45, 7) is 5.99. The van der Waals surface area contributed by atoms with Gasteiger partial charge in [0.2, 0.25) is 9.84 Å². The first-order chi connectivity index (χ1) is 14.8. The summed E-state index contributed by atoms with van der Waals surface area (Å²) in [6.07, 6.45) is 2.29. The third-order valence-electron chi connectivity index (χ3n) is 5.65. The van der Waals surface area contributed by atoms with Crippen molar-refractivity contribution in [3.8, 4) is 11.3 Å². The number of rotatable bonds is 5. The normalized spacial score (nSPS) is 17.0. The second-order valence-electron chi connectivity index (χ2n) is 8.23. The number of benzene rings is 1. The largest absolute Gasteiger partial charge is 0.356 e. The Kier molecular flexibility index (Phi) is 6.30. The van der Waals surface area contributed by atoms with Crippen LogP contribution in [0.1, 0.15) is 31.0 Å². The van der Waals surface area contributed by atoms with Crippen molar-refractivity contribution in [1.82, 2.24) is 9.97 Å². The molecule has 31 heavy (non-hydrogen) atoms. The molecule has 1 saturated heterocycles. The zero-order valence-electron chi connectivity index (χ0n) is 17.8. The van der Waals surface area contributed by atoms with Crippen LogP contribution in [0.5, 0.6) is 0 Å². The number of nitrogens with zero attached hydrogens (tertiary/aromatic N) is 3. The topological polar surface area (TPSA) is 63.2 Å². The molecule has 1 atom stereocenters. The summed E-state index contributed by atoms with van der Waals surface area (Å²) in [7, 11) is -3.65. The van der Waals surface area contributed by atoms with Gasteiger partial charge in [0.25, 0.3) is 0 Å². The van der Waals surface area contributed by atoms with Crippen LogP contribution in [0.3, 0.4) is 0 Å². The Bertz CT molecular complexity index is 1200. The molecule has 1 aliphatic heterocycles. The summed E-state index contributed by atoms with van der Waals surface area (Å²) in [5.74, 6) is 1.07. The fourth-order valence-electron chi connectivity index (χ4n) is 4.01. The van der Waals surface area contributed by atoms with Gasteiger partial charge in [0.1, 0.15) is 5.82 Å². The van der Waals surface area contributed by atoms with Crippen molar-refractivity contribution in [3.63, 3.8) is 0 Å². The molecule has 0 aliphatic carbocycles. The van der Waals surface area contributed by atoms with Crippen LogP contribution < -0.4 is 4.90 Å². The molecule has 0 amide bonds. The van der Waals surface area contributed by atoms with Gasteiger partial charge in [0.15, 0.2) is 5.03 Å².